The maximum atomic E-state index is 15.0. The van der Waals surface area contributed by atoms with Crippen LogP contribution in [0.1, 0.15) is 19.3 Å². The van der Waals surface area contributed by atoms with E-state index in [1.54, 1.807) is 18.3 Å². The number of aromatic amines is 1. The van der Waals surface area contributed by atoms with E-state index in [0.29, 0.717) is 56.0 Å². The lowest BCUT2D eigenvalue weighted by Crippen LogP contribution is -2.53. The number of nitrogens with zero attached hydrogens (tertiary/aromatic N) is 4. The third-order valence-electron chi connectivity index (χ3n) is 8.37. The Morgan fingerprint density at radius 3 is 2.59 bits per heavy atom. The van der Waals surface area contributed by atoms with Crippen molar-refractivity contribution < 1.29 is 23.7 Å². The first-order valence-corrected chi connectivity index (χ1v) is 14.4. The first-order chi connectivity index (χ1) is 20.1. The van der Waals surface area contributed by atoms with Gasteiger partial charge in [-0.1, -0.05) is 12.1 Å². The molecule has 3 aliphatic heterocycles. The number of hydrogen-bond acceptors (Lipinski definition) is 8. The smallest absolute Gasteiger partial charge is 0.143 e. The summed E-state index contributed by atoms with van der Waals surface area (Å²) in [6.07, 6.45) is 3.68. The molecule has 4 aromatic rings. The maximum Gasteiger partial charge on any atom is 0.143 e. The largest absolute Gasteiger partial charge is 0.493 e. The number of nitrogens with one attached hydrogen (secondary N) is 1. The number of rotatable bonds is 3. The van der Waals surface area contributed by atoms with Crippen LogP contribution in [0.15, 0.2) is 48.7 Å². The van der Waals surface area contributed by atoms with Crippen LogP contribution in [0.3, 0.4) is 0 Å². The van der Waals surface area contributed by atoms with E-state index in [1.807, 2.05) is 12.1 Å². The van der Waals surface area contributed by atoms with Crippen LogP contribution >= 0.6 is 0 Å². The van der Waals surface area contributed by atoms with Gasteiger partial charge in [0.25, 0.3) is 0 Å². The summed E-state index contributed by atoms with van der Waals surface area (Å²) in [4.78, 5) is 9.13. The Morgan fingerprint density at radius 1 is 0.951 bits per heavy atom. The molecule has 7 rings (SSSR count). The second kappa shape index (κ2) is 10.9. The van der Waals surface area contributed by atoms with E-state index in [4.69, 9.17) is 14.2 Å². The molecule has 2 aromatic carbocycles. The van der Waals surface area contributed by atoms with Crippen molar-refractivity contribution in [2.45, 2.75) is 24.9 Å². The number of halogens is 1. The van der Waals surface area contributed by atoms with Crippen LogP contribution in [-0.4, -0.2) is 89.9 Å². The van der Waals surface area contributed by atoms with Crippen LogP contribution < -0.4 is 14.4 Å². The lowest BCUT2D eigenvalue weighted by atomic mass is 9.90. The molecule has 2 fully saturated rings. The molecule has 4 bridgehead atoms. The summed E-state index contributed by atoms with van der Waals surface area (Å²) >= 11 is 0. The predicted molar refractivity (Wildman–Crippen MR) is 154 cm³/mol. The van der Waals surface area contributed by atoms with Gasteiger partial charge in [0.2, 0.25) is 0 Å². The zero-order valence-electron chi connectivity index (χ0n) is 22.9. The van der Waals surface area contributed by atoms with E-state index in [9.17, 15) is 9.50 Å². The standard InChI is InChI=1S/C31H34FN5O4/c32-23-3-1-4-27-29(23)24-18-22-25(19-33-24)34-35-30(22)21-5-6-26(28(17-21)41-14-2-13-40-27)37-9-7-31(38,8-10-37)20-36-11-15-39-16-12-36/h1,3-6,17-19,38H,2,7-16,20H2,(H,34,35). The third-order valence-corrected chi connectivity index (χ3v) is 8.37. The number of aromatic nitrogens is 3. The van der Waals surface area contributed by atoms with Crippen LogP contribution in [0.5, 0.6) is 11.5 Å². The minimum Gasteiger partial charge on any atom is -0.493 e. The number of β-amino-alcohol motifs (C(OH)–C–C–N with tert-alkyl or cyclic N) is 1. The summed E-state index contributed by atoms with van der Waals surface area (Å²) in [5.41, 5.74) is 3.55. The number of hydrogen-bond donors (Lipinski definition) is 2. The zero-order valence-corrected chi connectivity index (χ0v) is 22.9. The summed E-state index contributed by atoms with van der Waals surface area (Å²) in [5, 5.41) is 19.8. The second-order valence-corrected chi connectivity index (χ2v) is 11.1. The summed E-state index contributed by atoms with van der Waals surface area (Å²) in [5.74, 6) is 0.846. The molecule has 0 aliphatic carbocycles. The van der Waals surface area contributed by atoms with Gasteiger partial charge in [-0.05, 0) is 43.2 Å². The predicted octanol–water partition coefficient (Wildman–Crippen LogP) is 4.26. The minimum atomic E-state index is -0.699. The minimum absolute atomic E-state index is 0.342. The van der Waals surface area contributed by atoms with Gasteiger partial charge >= 0.3 is 0 Å². The highest BCUT2D eigenvalue weighted by Gasteiger charge is 2.35. The fraction of sp³-hybridized carbons (Fsp3) is 0.419. The molecule has 0 atom stereocenters. The Bertz CT molecular complexity index is 1550. The Balaban J connectivity index is 1.19. The Hall–Kier alpha value is -3.73. The van der Waals surface area contributed by atoms with E-state index in [1.165, 1.54) is 6.07 Å². The first-order valence-electron chi connectivity index (χ1n) is 14.4. The SMILES string of the molecule is OC1(CN2CCOCC2)CCN(c2ccc3cc2OCCCOc2cccc(F)c2-c2cc4c-3n[nH]c4cn2)CC1. The maximum absolute atomic E-state index is 15.0. The van der Waals surface area contributed by atoms with Gasteiger partial charge in [0, 0.05) is 50.1 Å². The molecule has 3 aliphatic rings. The molecule has 0 saturated carbocycles. The van der Waals surface area contributed by atoms with Crippen molar-refractivity contribution in [1.82, 2.24) is 20.1 Å². The average Bonchev–Trinajstić information content (AvgIpc) is 3.41. The summed E-state index contributed by atoms with van der Waals surface area (Å²) in [6.45, 7) is 6.18. The molecule has 0 spiro atoms. The molecular formula is C31H34FN5O4. The Morgan fingerprint density at radius 2 is 1.76 bits per heavy atom. The first kappa shape index (κ1) is 26.2. The molecular weight excluding hydrogens is 525 g/mol. The molecule has 9 nitrogen and oxygen atoms in total. The van der Waals surface area contributed by atoms with E-state index in [-0.39, 0.29) is 5.82 Å². The van der Waals surface area contributed by atoms with Crippen LogP contribution in [0.2, 0.25) is 0 Å². The fourth-order valence-corrected chi connectivity index (χ4v) is 6.11. The van der Waals surface area contributed by atoms with Gasteiger partial charge in [-0.15, -0.1) is 0 Å². The summed E-state index contributed by atoms with van der Waals surface area (Å²) in [7, 11) is 0. The fourth-order valence-electron chi connectivity index (χ4n) is 6.11. The van der Waals surface area contributed by atoms with Gasteiger partial charge in [-0.2, -0.15) is 5.10 Å². The highest BCUT2D eigenvalue weighted by Crippen LogP contribution is 2.39. The quantitative estimate of drug-likeness (QED) is 0.385. The van der Waals surface area contributed by atoms with Crippen molar-refractivity contribution >= 4 is 16.6 Å². The molecule has 0 radical (unpaired) electrons. The zero-order chi connectivity index (χ0) is 27.8. The van der Waals surface area contributed by atoms with Gasteiger partial charge < -0.3 is 24.2 Å². The van der Waals surface area contributed by atoms with Crippen molar-refractivity contribution in [1.29, 1.82) is 0 Å². The lowest BCUT2D eigenvalue weighted by Gasteiger charge is -2.42. The highest BCUT2D eigenvalue weighted by atomic mass is 19.1. The van der Waals surface area contributed by atoms with Gasteiger partial charge in [-0.3, -0.25) is 15.0 Å². The molecule has 0 unspecified atom stereocenters. The number of aliphatic hydroxyl groups is 1. The molecule has 0 amide bonds. The van der Waals surface area contributed by atoms with Gasteiger partial charge in [0.15, 0.2) is 0 Å². The number of benzene rings is 2. The number of fused-ring (bicyclic) bond motifs is 6. The van der Waals surface area contributed by atoms with E-state index >= 15 is 0 Å². The monoisotopic (exact) mass is 559 g/mol. The van der Waals surface area contributed by atoms with Crippen molar-refractivity contribution in [3.8, 4) is 34.0 Å². The number of anilines is 1. The molecule has 10 heteroatoms. The Labute approximate surface area is 237 Å². The second-order valence-electron chi connectivity index (χ2n) is 11.1. The van der Waals surface area contributed by atoms with Crippen molar-refractivity contribution in [2.75, 3.05) is 64.1 Å². The normalized spacial score (nSPS) is 19.3. The molecule has 214 valence electrons. The van der Waals surface area contributed by atoms with Gasteiger partial charge in [0.1, 0.15) is 23.0 Å². The highest BCUT2D eigenvalue weighted by molar-refractivity contribution is 5.95. The molecule has 2 saturated heterocycles. The molecule has 2 N–H and O–H groups in total. The molecule has 2 aromatic heterocycles. The third kappa shape index (κ3) is 5.23. The summed E-state index contributed by atoms with van der Waals surface area (Å²) in [6, 6.07) is 12.9. The molecule has 41 heavy (non-hydrogen) atoms. The van der Waals surface area contributed by atoms with Gasteiger partial charge in [-0.25, -0.2) is 4.39 Å². The van der Waals surface area contributed by atoms with Crippen LogP contribution in [0, 0.1) is 5.82 Å². The Kier molecular flexibility index (Phi) is 6.98. The number of pyridine rings is 1. The topological polar surface area (TPSA) is 96.0 Å². The van der Waals surface area contributed by atoms with Crippen molar-refractivity contribution in [3.05, 3.63) is 54.5 Å². The number of piperidine rings is 1. The van der Waals surface area contributed by atoms with E-state index < -0.39 is 5.60 Å². The van der Waals surface area contributed by atoms with Crippen molar-refractivity contribution in [2.24, 2.45) is 0 Å². The number of H-pyrrole nitrogens is 1. The van der Waals surface area contributed by atoms with Crippen LogP contribution in [-0.2, 0) is 4.74 Å². The van der Waals surface area contributed by atoms with Crippen LogP contribution in [0.25, 0.3) is 33.4 Å². The van der Waals surface area contributed by atoms with Crippen LogP contribution in [0.4, 0.5) is 10.1 Å². The number of morpholine rings is 1. The lowest BCUT2D eigenvalue weighted by molar-refractivity contribution is -0.0441. The van der Waals surface area contributed by atoms with E-state index in [2.05, 4.69) is 37.1 Å². The van der Waals surface area contributed by atoms with E-state index in [0.717, 1.165) is 73.0 Å². The number of ether oxygens (including phenoxy) is 3. The average molecular weight is 560 g/mol. The van der Waals surface area contributed by atoms with Gasteiger partial charge in [0.05, 0.1) is 60.7 Å². The van der Waals surface area contributed by atoms with Crippen molar-refractivity contribution in [3.63, 3.8) is 0 Å². The molecule has 5 heterocycles. The summed E-state index contributed by atoms with van der Waals surface area (Å²) < 4.78 is 32.8.